The molecule has 8 heteroatoms. The number of aromatic nitrogens is 6. The van der Waals surface area contributed by atoms with Gasteiger partial charge in [0.2, 0.25) is 11.9 Å². The van der Waals surface area contributed by atoms with E-state index < -0.39 is 5.69 Å². The maximum Gasteiger partial charge on any atom is 0.356 e. The van der Waals surface area contributed by atoms with E-state index in [0.29, 0.717) is 11.8 Å². The third kappa shape index (κ3) is 3.12. The SMILES string of the molecule is Nc1ccn(-c2nc(-c3ccccc3)nc(-n3c4ccccc4c4ccccc43)n2)c(=O)n1. The van der Waals surface area contributed by atoms with Crippen molar-refractivity contribution in [1.29, 1.82) is 0 Å². The molecule has 0 saturated carbocycles. The molecule has 3 aromatic heterocycles. The molecule has 0 bridgehead atoms. The van der Waals surface area contributed by atoms with E-state index in [4.69, 9.17) is 10.7 Å². The second kappa shape index (κ2) is 7.38. The van der Waals surface area contributed by atoms with Crippen molar-refractivity contribution >= 4 is 27.6 Å². The molecular formula is C25H17N7O. The van der Waals surface area contributed by atoms with E-state index in [1.807, 2.05) is 71.3 Å². The van der Waals surface area contributed by atoms with Crippen LogP contribution in [0.15, 0.2) is 95.9 Å². The van der Waals surface area contributed by atoms with Gasteiger partial charge < -0.3 is 5.73 Å². The molecule has 8 nitrogen and oxygen atoms in total. The van der Waals surface area contributed by atoms with E-state index in [2.05, 4.69) is 27.1 Å². The van der Waals surface area contributed by atoms with E-state index in [0.717, 1.165) is 27.4 Å². The number of anilines is 1. The summed E-state index contributed by atoms with van der Waals surface area (Å²) >= 11 is 0. The molecule has 0 unspecified atom stereocenters. The number of hydrogen-bond donors (Lipinski definition) is 1. The summed E-state index contributed by atoms with van der Waals surface area (Å²) < 4.78 is 3.25. The molecule has 0 atom stereocenters. The number of para-hydroxylation sites is 2. The topological polar surface area (TPSA) is 105 Å². The fourth-order valence-electron chi connectivity index (χ4n) is 3.98. The summed E-state index contributed by atoms with van der Waals surface area (Å²) in [7, 11) is 0. The molecule has 2 N–H and O–H groups in total. The molecule has 158 valence electrons. The highest BCUT2D eigenvalue weighted by Gasteiger charge is 2.17. The van der Waals surface area contributed by atoms with Gasteiger partial charge in [0.25, 0.3) is 0 Å². The van der Waals surface area contributed by atoms with Crippen LogP contribution in [0.5, 0.6) is 0 Å². The Bertz CT molecular complexity index is 1650. The van der Waals surface area contributed by atoms with Crippen LogP contribution in [0.1, 0.15) is 0 Å². The summed E-state index contributed by atoms with van der Waals surface area (Å²) in [6.07, 6.45) is 1.52. The highest BCUT2D eigenvalue weighted by Crippen LogP contribution is 2.31. The zero-order chi connectivity index (χ0) is 22.4. The Morgan fingerprint density at radius 1 is 0.636 bits per heavy atom. The van der Waals surface area contributed by atoms with Crippen molar-refractivity contribution in [3.63, 3.8) is 0 Å². The summed E-state index contributed by atoms with van der Waals surface area (Å²) in [5.74, 6) is 1.15. The molecule has 0 radical (unpaired) electrons. The third-order valence-corrected chi connectivity index (χ3v) is 5.46. The average Bonchev–Trinajstić information content (AvgIpc) is 3.19. The van der Waals surface area contributed by atoms with Crippen molar-refractivity contribution in [3.8, 4) is 23.3 Å². The zero-order valence-electron chi connectivity index (χ0n) is 17.3. The molecule has 0 fully saturated rings. The van der Waals surface area contributed by atoms with E-state index in [1.165, 1.54) is 16.8 Å². The van der Waals surface area contributed by atoms with Crippen LogP contribution in [-0.2, 0) is 0 Å². The highest BCUT2D eigenvalue weighted by molar-refractivity contribution is 6.08. The van der Waals surface area contributed by atoms with Gasteiger partial charge in [0.1, 0.15) is 5.82 Å². The van der Waals surface area contributed by atoms with E-state index in [-0.39, 0.29) is 11.8 Å². The van der Waals surface area contributed by atoms with E-state index in [1.54, 1.807) is 0 Å². The quantitative estimate of drug-likeness (QED) is 0.457. The molecule has 0 aliphatic rings. The van der Waals surface area contributed by atoms with Crippen LogP contribution in [0.25, 0.3) is 45.1 Å². The summed E-state index contributed by atoms with van der Waals surface area (Å²) in [5, 5.41) is 2.17. The fraction of sp³-hybridized carbons (Fsp3) is 0. The van der Waals surface area contributed by atoms with Gasteiger partial charge in [-0.2, -0.15) is 19.9 Å². The van der Waals surface area contributed by atoms with Gasteiger partial charge in [-0.15, -0.1) is 0 Å². The number of fused-ring (bicyclic) bond motifs is 3. The minimum Gasteiger partial charge on any atom is -0.383 e. The summed E-state index contributed by atoms with van der Waals surface area (Å²) in [4.78, 5) is 30.5. The number of rotatable bonds is 3. The van der Waals surface area contributed by atoms with Crippen LogP contribution in [0.4, 0.5) is 5.82 Å². The Hall–Kier alpha value is -4.85. The van der Waals surface area contributed by atoms with Crippen LogP contribution in [0.2, 0.25) is 0 Å². The molecule has 3 heterocycles. The first-order valence-corrected chi connectivity index (χ1v) is 10.3. The van der Waals surface area contributed by atoms with E-state index >= 15 is 0 Å². The molecular weight excluding hydrogens is 414 g/mol. The maximum atomic E-state index is 12.6. The normalized spacial score (nSPS) is 11.3. The smallest absolute Gasteiger partial charge is 0.356 e. The van der Waals surface area contributed by atoms with Crippen molar-refractivity contribution in [2.45, 2.75) is 0 Å². The van der Waals surface area contributed by atoms with Crippen LogP contribution in [0.3, 0.4) is 0 Å². The van der Waals surface area contributed by atoms with Crippen LogP contribution in [0, 0.1) is 0 Å². The fourth-order valence-corrected chi connectivity index (χ4v) is 3.98. The average molecular weight is 431 g/mol. The maximum absolute atomic E-state index is 12.6. The molecule has 33 heavy (non-hydrogen) atoms. The minimum absolute atomic E-state index is 0.135. The van der Waals surface area contributed by atoms with Crippen molar-refractivity contribution in [1.82, 2.24) is 29.1 Å². The standard InChI is InChI=1S/C25H17N7O/c26-21-14-15-31(25(33)27-21)23-28-22(16-8-2-1-3-9-16)29-24(30-23)32-19-12-6-4-10-17(19)18-11-5-7-13-20(18)32/h1-15H,(H2,26,27,33). The van der Waals surface area contributed by atoms with Crippen LogP contribution >= 0.6 is 0 Å². The molecule has 6 rings (SSSR count). The number of nitrogens with zero attached hydrogens (tertiary/aromatic N) is 6. The number of nitrogen functional groups attached to an aromatic ring is 1. The summed E-state index contributed by atoms with van der Waals surface area (Å²) in [6.45, 7) is 0. The Balaban J connectivity index is 1.70. The molecule has 0 saturated heterocycles. The lowest BCUT2D eigenvalue weighted by molar-refractivity contribution is 0.815. The minimum atomic E-state index is -0.562. The van der Waals surface area contributed by atoms with Gasteiger partial charge >= 0.3 is 5.69 Å². The molecule has 0 spiro atoms. The van der Waals surface area contributed by atoms with E-state index in [9.17, 15) is 4.79 Å². The highest BCUT2D eigenvalue weighted by atomic mass is 16.1. The van der Waals surface area contributed by atoms with Crippen molar-refractivity contribution < 1.29 is 0 Å². The lowest BCUT2D eigenvalue weighted by Crippen LogP contribution is -2.24. The Kier molecular flexibility index (Phi) is 4.22. The number of nitrogens with two attached hydrogens (primary N) is 1. The molecule has 3 aromatic carbocycles. The lowest BCUT2D eigenvalue weighted by atomic mass is 10.2. The summed E-state index contributed by atoms with van der Waals surface area (Å²) in [6, 6.07) is 27.3. The Labute approximate surface area is 187 Å². The first-order chi connectivity index (χ1) is 16.2. The monoisotopic (exact) mass is 431 g/mol. The first kappa shape index (κ1) is 18.9. The predicted octanol–water partition coefficient (Wildman–Crippen LogP) is 3.76. The number of hydrogen-bond acceptors (Lipinski definition) is 6. The van der Waals surface area contributed by atoms with Gasteiger partial charge in [-0.3, -0.25) is 4.57 Å². The van der Waals surface area contributed by atoms with Gasteiger partial charge in [-0.05, 0) is 18.2 Å². The van der Waals surface area contributed by atoms with Gasteiger partial charge in [-0.1, -0.05) is 66.7 Å². The zero-order valence-corrected chi connectivity index (χ0v) is 17.3. The van der Waals surface area contributed by atoms with Crippen LogP contribution < -0.4 is 11.4 Å². The predicted molar refractivity (Wildman–Crippen MR) is 127 cm³/mol. The molecule has 0 amide bonds. The van der Waals surface area contributed by atoms with Gasteiger partial charge in [0.15, 0.2) is 5.82 Å². The van der Waals surface area contributed by atoms with Gasteiger partial charge in [-0.25, -0.2) is 9.36 Å². The summed E-state index contributed by atoms with van der Waals surface area (Å²) in [5.41, 5.74) is 7.83. The van der Waals surface area contributed by atoms with Crippen LogP contribution in [-0.4, -0.2) is 29.1 Å². The Morgan fingerprint density at radius 3 is 1.91 bits per heavy atom. The lowest BCUT2D eigenvalue weighted by Gasteiger charge is -2.11. The number of benzene rings is 3. The van der Waals surface area contributed by atoms with Gasteiger partial charge in [0, 0.05) is 22.5 Å². The van der Waals surface area contributed by atoms with Crippen molar-refractivity contribution in [2.24, 2.45) is 0 Å². The Morgan fingerprint density at radius 2 is 1.24 bits per heavy atom. The van der Waals surface area contributed by atoms with Crippen molar-refractivity contribution in [2.75, 3.05) is 5.73 Å². The second-order valence-corrected chi connectivity index (χ2v) is 7.50. The first-order valence-electron chi connectivity index (χ1n) is 10.3. The van der Waals surface area contributed by atoms with Gasteiger partial charge in [0.05, 0.1) is 11.0 Å². The molecule has 6 aromatic rings. The largest absolute Gasteiger partial charge is 0.383 e. The van der Waals surface area contributed by atoms with Crippen molar-refractivity contribution in [3.05, 3.63) is 102 Å². The second-order valence-electron chi connectivity index (χ2n) is 7.50. The molecule has 0 aliphatic heterocycles. The molecule has 0 aliphatic carbocycles. The third-order valence-electron chi connectivity index (χ3n) is 5.46.